The number of carbonyl (C=O) groups is 1. The van der Waals surface area contributed by atoms with Gasteiger partial charge in [-0.15, -0.1) is 0 Å². The maximum absolute atomic E-state index is 13.2. The molecular formula is C20H22BrN3O3S. The number of carbonyl (C=O) groups excluding carboxylic acids is 1. The number of furan rings is 1. The second-order valence-electron chi connectivity index (χ2n) is 6.92. The Morgan fingerprint density at radius 3 is 2.71 bits per heavy atom. The third-order valence-electron chi connectivity index (χ3n) is 5.00. The van der Waals surface area contributed by atoms with Gasteiger partial charge in [0.2, 0.25) is 0 Å². The van der Waals surface area contributed by atoms with Crippen LogP contribution in [-0.2, 0) is 4.74 Å². The number of benzene rings is 1. The van der Waals surface area contributed by atoms with Crippen molar-refractivity contribution in [1.82, 2.24) is 9.88 Å². The van der Waals surface area contributed by atoms with Crippen molar-refractivity contribution in [2.45, 2.75) is 13.8 Å². The fraction of sp³-hybridized carbons (Fsp3) is 0.400. The number of anilines is 1. The van der Waals surface area contributed by atoms with Gasteiger partial charge in [0.15, 0.2) is 15.6 Å². The monoisotopic (exact) mass is 463 g/mol. The van der Waals surface area contributed by atoms with E-state index in [1.54, 1.807) is 28.4 Å². The molecule has 8 heteroatoms. The van der Waals surface area contributed by atoms with Crippen LogP contribution in [-0.4, -0.2) is 55.2 Å². The molecule has 0 bridgehead atoms. The number of ether oxygens (including phenoxy) is 1. The molecule has 0 atom stereocenters. The van der Waals surface area contributed by atoms with Crippen LogP contribution in [0.5, 0.6) is 0 Å². The van der Waals surface area contributed by atoms with Gasteiger partial charge < -0.3 is 9.15 Å². The largest absolute Gasteiger partial charge is 0.444 e. The van der Waals surface area contributed by atoms with Gasteiger partial charge in [-0.05, 0) is 65.2 Å². The van der Waals surface area contributed by atoms with Crippen LogP contribution in [0.1, 0.15) is 21.7 Å². The topological polar surface area (TPSA) is 58.8 Å². The highest BCUT2D eigenvalue weighted by Crippen LogP contribution is 2.32. The average Bonchev–Trinajstić information content (AvgIpc) is 3.29. The summed E-state index contributed by atoms with van der Waals surface area (Å²) < 4.78 is 12.6. The SMILES string of the molecule is Cc1cc2nc(N(CCN3CCOCC3)C(=O)c3ccc(Br)o3)sc2cc1C. The quantitative estimate of drug-likeness (QED) is 0.565. The zero-order chi connectivity index (χ0) is 19.7. The van der Waals surface area contributed by atoms with Crippen molar-refractivity contribution in [1.29, 1.82) is 0 Å². The maximum atomic E-state index is 13.2. The molecule has 0 N–H and O–H groups in total. The average molecular weight is 464 g/mol. The molecule has 2 aromatic heterocycles. The Kier molecular flexibility index (Phi) is 5.82. The summed E-state index contributed by atoms with van der Waals surface area (Å²) in [7, 11) is 0. The number of hydrogen-bond donors (Lipinski definition) is 0. The summed E-state index contributed by atoms with van der Waals surface area (Å²) >= 11 is 4.82. The van der Waals surface area contributed by atoms with Crippen molar-refractivity contribution in [2.75, 3.05) is 44.3 Å². The molecule has 0 aliphatic carbocycles. The van der Waals surface area contributed by atoms with E-state index < -0.39 is 0 Å². The summed E-state index contributed by atoms with van der Waals surface area (Å²) in [5, 5.41) is 0.700. The molecule has 1 fully saturated rings. The lowest BCUT2D eigenvalue weighted by molar-refractivity contribution is 0.0390. The van der Waals surface area contributed by atoms with Crippen LogP contribution in [0, 0.1) is 13.8 Å². The van der Waals surface area contributed by atoms with Crippen molar-refractivity contribution in [2.24, 2.45) is 0 Å². The van der Waals surface area contributed by atoms with Gasteiger partial charge in [0, 0.05) is 26.2 Å². The van der Waals surface area contributed by atoms with E-state index in [9.17, 15) is 4.79 Å². The summed E-state index contributed by atoms with van der Waals surface area (Å²) in [5.41, 5.74) is 3.35. The third kappa shape index (κ3) is 4.15. The molecule has 3 aromatic rings. The number of aryl methyl sites for hydroxylation is 2. The van der Waals surface area contributed by atoms with Crippen LogP contribution in [0.3, 0.4) is 0 Å². The highest BCUT2D eigenvalue weighted by atomic mass is 79.9. The number of rotatable bonds is 5. The summed E-state index contributed by atoms with van der Waals surface area (Å²) in [6.07, 6.45) is 0. The van der Waals surface area contributed by atoms with E-state index in [0.29, 0.717) is 22.1 Å². The maximum Gasteiger partial charge on any atom is 0.295 e. The van der Waals surface area contributed by atoms with Gasteiger partial charge in [-0.1, -0.05) is 11.3 Å². The second-order valence-corrected chi connectivity index (χ2v) is 8.71. The van der Waals surface area contributed by atoms with Crippen molar-refractivity contribution in [3.8, 4) is 0 Å². The molecular weight excluding hydrogens is 442 g/mol. The number of halogens is 1. The first-order valence-electron chi connectivity index (χ1n) is 9.26. The van der Waals surface area contributed by atoms with Gasteiger partial charge in [-0.25, -0.2) is 4.98 Å². The summed E-state index contributed by atoms with van der Waals surface area (Å²) in [6, 6.07) is 7.65. The molecule has 1 saturated heterocycles. The zero-order valence-electron chi connectivity index (χ0n) is 15.9. The molecule has 4 rings (SSSR count). The standard InChI is InChI=1S/C20H22BrN3O3S/c1-13-11-15-17(12-14(13)2)28-20(22-15)24(6-5-23-7-9-26-10-8-23)19(25)16-3-4-18(21)27-16/h3-4,11-12H,5-10H2,1-2H3. The minimum atomic E-state index is -0.175. The molecule has 148 valence electrons. The van der Waals surface area contributed by atoms with Gasteiger partial charge in [-0.3, -0.25) is 14.6 Å². The van der Waals surface area contributed by atoms with Crippen molar-refractivity contribution in [3.05, 3.63) is 45.8 Å². The van der Waals surface area contributed by atoms with Crippen LogP contribution >= 0.6 is 27.3 Å². The molecule has 1 aliphatic heterocycles. The molecule has 28 heavy (non-hydrogen) atoms. The molecule has 0 spiro atoms. The van der Waals surface area contributed by atoms with E-state index in [4.69, 9.17) is 14.1 Å². The molecule has 6 nitrogen and oxygen atoms in total. The Hall–Kier alpha value is -1.74. The molecule has 1 aromatic carbocycles. The Morgan fingerprint density at radius 2 is 2.00 bits per heavy atom. The fourth-order valence-corrected chi connectivity index (χ4v) is 4.57. The summed E-state index contributed by atoms with van der Waals surface area (Å²) in [4.78, 5) is 22.0. The number of thiazole rings is 1. The van der Waals surface area contributed by atoms with Gasteiger partial charge in [0.25, 0.3) is 5.91 Å². The Labute approximate surface area is 176 Å². The van der Waals surface area contributed by atoms with E-state index in [2.05, 4.69) is 46.8 Å². The highest BCUT2D eigenvalue weighted by Gasteiger charge is 2.25. The van der Waals surface area contributed by atoms with Gasteiger partial charge >= 0.3 is 0 Å². The second kappa shape index (κ2) is 8.32. The van der Waals surface area contributed by atoms with E-state index in [-0.39, 0.29) is 5.91 Å². The van der Waals surface area contributed by atoms with E-state index in [0.717, 1.165) is 43.1 Å². The van der Waals surface area contributed by atoms with Crippen LogP contribution in [0.2, 0.25) is 0 Å². The number of nitrogens with zero attached hydrogens (tertiary/aromatic N) is 3. The van der Waals surface area contributed by atoms with Gasteiger partial charge in [-0.2, -0.15) is 0 Å². The van der Waals surface area contributed by atoms with Crippen LogP contribution in [0.15, 0.2) is 33.4 Å². The fourth-order valence-electron chi connectivity index (χ4n) is 3.20. The van der Waals surface area contributed by atoms with Crippen molar-refractivity contribution < 1.29 is 13.9 Å². The lowest BCUT2D eigenvalue weighted by atomic mass is 10.1. The first kappa shape index (κ1) is 19.6. The first-order chi connectivity index (χ1) is 13.5. The first-order valence-corrected chi connectivity index (χ1v) is 10.9. The minimum absolute atomic E-state index is 0.175. The van der Waals surface area contributed by atoms with Crippen molar-refractivity contribution in [3.63, 3.8) is 0 Å². The smallest absolute Gasteiger partial charge is 0.295 e. The van der Waals surface area contributed by atoms with Crippen LogP contribution in [0.4, 0.5) is 5.13 Å². The van der Waals surface area contributed by atoms with E-state index in [1.807, 2.05) is 0 Å². The summed E-state index contributed by atoms with van der Waals surface area (Å²) in [5.74, 6) is 0.131. The van der Waals surface area contributed by atoms with Gasteiger partial charge in [0.05, 0.1) is 23.4 Å². The third-order valence-corrected chi connectivity index (χ3v) is 6.46. The Morgan fingerprint density at radius 1 is 1.25 bits per heavy atom. The van der Waals surface area contributed by atoms with E-state index >= 15 is 0 Å². The van der Waals surface area contributed by atoms with Crippen molar-refractivity contribution >= 4 is 48.5 Å². The molecule has 3 heterocycles. The van der Waals surface area contributed by atoms with Crippen LogP contribution in [0.25, 0.3) is 10.2 Å². The normalized spacial score (nSPS) is 15.2. The summed E-state index contributed by atoms with van der Waals surface area (Å²) in [6.45, 7) is 8.72. The van der Waals surface area contributed by atoms with E-state index in [1.165, 1.54) is 11.1 Å². The minimum Gasteiger partial charge on any atom is -0.444 e. The van der Waals surface area contributed by atoms with Gasteiger partial charge in [0.1, 0.15) is 0 Å². The highest BCUT2D eigenvalue weighted by molar-refractivity contribution is 9.10. The zero-order valence-corrected chi connectivity index (χ0v) is 18.3. The predicted molar refractivity (Wildman–Crippen MR) is 114 cm³/mol. The number of aromatic nitrogens is 1. The number of fused-ring (bicyclic) bond motifs is 1. The molecule has 1 aliphatic rings. The molecule has 0 radical (unpaired) electrons. The molecule has 0 saturated carbocycles. The molecule has 1 amide bonds. The Balaban J connectivity index is 1.64. The van der Waals surface area contributed by atoms with Crippen LogP contribution < -0.4 is 4.90 Å². The predicted octanol–water partition coefficient (Wildman–Crippen LogP) is 4.25. The Bertz CT molecular complexity index is 955. The lowest BCUT2D eigenvalue weighted by Gasteiger charge is -2.28. The molecule has 0 unspecified atom stereocenters. The number of amides is 1. The lowest BCUT2D eigenvalue weighted by Crippen LogP contribution is -2.43. The number of hydrogen-bond acceptors (Lipinski definition) is 6. The number of morpholine rings is 1.